The standard InChI is InChI=1S/C29H54N5O6P/c1-2-3-4-5-6-7-8-9-10-11-12-13-14-15-16-17-18-39-41(37,38)40-21-23-19-25(24(23)20-35)34-22-31-26-27(34)32-29(30)33-28(26)36/h23-25,31,35H,2-22H2,1H3,(H,37,38)(H3,30,32,33,36)/t23-,24-,25-/m1/s1. The summed E-state index contributed by atoms with van der Waals surface area (Å²) >= 11 is 0. The summed E-state index contributed by atoms with van der Waals surface area (Å²) in [5.74, 6) is 0.201. The Morgan fingerprint density at radius 2 is 1.51 bits per heavy atom. The van der Waals surface area contributed by atoms with Gasteiger partial charge in [-0.3, -0.25) is 18.8 Å². The van der Waals surface area contributed by atoms with Gasteiger partial charge >= 0.3 is 7.82 Å². The molecule has 0 bridgehead atoms. The lowest BCUT2D eigenvalue weighted by Gasteiger charge is -2.48. The van der Waals surface area contributed by atoms with Gasteiger partial charge in [-0.05, 0) is 18.8 Å². The van der Waals surface area contributed by atoms with Crippen molar-refractivity contribution in [3.8, 4) is 0 Å². The minimum absolute atomic E-state index is 0.0214. The molecule has 1 unspecified atom stereocenters. The molecule has 41 heavy (non-hydrogen) atoms. The third kappa shape index (κ3) is 11.2. The van der Waals surface area contributed by atoms with Crippen molar-refractivity contribution in [3.63, 3.8) is 0 Å². The fourth-order valence-electron chi connectivity index (χ4n) is 6.02. The first-order valence-electron chi connectivity index (χ1n) is 16.0. The second kappa shape index (κ2) is 18.1. The van der Waals surface area contributed by atoms with Crippen LogP contribution in [-0.4, -0.2) is 52.5 Å². The van der Waals surface area contributed by atoms with Crippen LogP contribution in [0.25, 0.3) is 0 Å². The lowest BCUT2D eigenvalue weighted by molar-refractivity contribution is 0.0170. The molecule has 1 fully saturated rings. The number of aromatic nitrogens is 2. The topological polar surface area (TPSA) is 163 Å². The van der Waals surface area contributed by atoms with Gasteiger partial charge in [-0.2, -0.15) is 4.98 Å². The molecule has 0 amide bonds. The molecule has 6 N–H and O–H groups in total. The van der Waals surface area contributed by atoms with Crippen LogP contribution in [0.15, 0.2) is 4.79 Å². The van der Waals surface area contributed by atoms with Crippen LogP contribution in [0.3, 0.4) is 0 Å². The number of aliphatic hydroxyl groups is 1. The Bertz CT molecular complexity index is 995. The van der Waals surface area contributed by atoms with Gasteiger partial charge in [0.25, 0.3) is 5.56 Å². The van der Waals surface area contributed by atoms with Crippen LogP contribution in [0.4, 0.5) is 17.5 Å². The number of aromatic amines is 1. The van der Waals surface area contributed by atoms with Gasteiger partial charge in [0.2, 0.25) is 5.95 Å². The number of hydrogen-bond donors (Lipinski definition) is 5. The van der Waals surface area contributed by atoms with E-state index in [1.54, 1.807) is 0 Å². The van der Waals surface area contributed by atoms with Crippen molar-refractivity contribution < 1.29 is 23.6 Å². The van der Waals surface area contributed by atoms with Gasteiger partial charge < -0.3 is 26.0 Å². The Kier molecular flexibility index (Phi) is 15.0. The number of nitrogen functional groups attached to an aromatic ring is 1. The number of H-pyrrole nitrogens is 1. The molecule has 0 aromatic carbocycles. The summed E-state index contributed by atoms with van der Waals surface area (Å²) in [7, 11) is -4.15. The van der Waals surface area contributed by atoms with Crippen molar-refractivity contribution in [2.24, 2.45) is 11.8 Å². The summed E-state index contributed by atoms with van der Waals surface area (Å²) in [6, 6.07) is -0.0832. The molecule has 2 heterocycles. The van der Waals surface area contributed by atoms with E-state index >= 15 is 0 Å². The summed E-state index contributed by atoms with van der Waals surface area (Å²) in [4.78, 5) is 30.8. The average molecular weight is 600 g/mol. The highest BCUT2D eigenvalue weighted by molar-refractivity contribution is 7.47. The molecule has 236 valence electrons. The average Bonchev–Trinajstić information content (AvgIpc) is 3.33. The maximum Gasteiger partial charge on any atom is 0.472 e. The monoisotopic (exact) mass is 599 g/mol. The number of nitrogens with one attached hydrogen (secondary N) is 2. The fraction of sp³-hybridized carbons (Fsp3) is 0.862. The van der Waals surface area contributed by atoms with Gasteiger partial charge in [0, 0.05) is 18.6 Å². The number of fused-ring (bicyclic) bond motifs is 1. The van der Waals surface area contributed by atoms with Crippen LogP contribution < -0.4 is 21.5 Å². The molecule has 0 saturated heterocycles. The van der Waals surface area contributed by atoms with Crippen molar-refractivity contribution in [2.45, 2.75) is 122 Å². The highest BCUT2D eigenvalue weighted by Gasteiger charge is 2.47. The molecular weight excluding hydrogens is 545 g/mol. The van der Waals surface area contributed by atoms with Crippen LogP contribution in [0.1, 0.15) is 116 Å². The summed E-state index contributed by atoms with van der Waals surface area (Å²) in [5, 5.41) is 13.0. The fourth-order valence-corrected chi connectivity index (χ4v) is 6.83. The number of nitrogens with zero attached hydrogens (tertiary/aromatic N) is 2. The highest BCUT2D eigenvalue weighted by Crippen LogP contribution is 2.48. The second-order valence-corrected chi connectivity index (χ2v) is 13.2. The Labute approximate surface area is 245 Å². The SMILES string of the molecule is CCCCCCCCCCCCCCCCCCOP(=O)(O)OC[C@H]1C[C@@H](N2CNc3c2nc(N)[nH]c3=O)[C@@H]1CO. The molecule has 0 spiro atoms. The molecule has 1 aromatic rings. The molecule has 11 nitrogen and oxygen atoms in total. The van der Waals surface area contributed by atoms with Crippen molar-refractivity contribution in [3.05, 3.63) is 10.4 Å². The maximum absolute atomic E-state index is 12.4. The van der Waals surface area contributed by atoms with Gasteiger partial charge in [0.15, 0.2) is 5.82 Å². The lowest BCUT2D eigenvalue weighted by Crippen LogP contribution is -2.55. The first-order chi connectivity index (χ1) is 19.9. The van der Waals surface area contributed by atoms with Crippen LogP contribution in [0, 0.1) is 11.8 Å². The van der Waals surface area contributed by atoms with E-state index in [1.165, 1.54) is 83.5 Å². The number of nitrogens with two attached hydrogens (primary N) is 1. The number of phosphoric ester groups is 1. The van der Waals surface area contributed by atoms with Gasteiger partial charge in [-0.15, -0.1) is 0 Å². The van der Waals surface area contributed by atoms with Crippen LogP contribution in [0.5, 0.6) is 0 Å². The van der Waals surface area contributed by atoms with E-state index < -0.39 is 7.82 Å². The van der Waals surface area contributed by atoms with Gasteiger partial charge in [-0.25, -0.2) is 4.57 Å². The third-order valence-corrected chi connectivity index (χ3v) is 9.56. The number of rotatable bonds is 23. The smallest absolute Gasteiger partial charge is 0.396 e. The van der Waals surface area contributed by atoms with Gasteiger partial charge in [0.05, 0.1) is 19.9 Å². The predicted octanol–water partition coefficient (Wildman–Crippen LogP) is 5.93. The van der Waals surface area contributed by atoms with Crippen molar-refractivity contribution in [1.29, 1.82) is 0 Å². The van der Waals surface area contributed by atoms with Crippen molar-refractivity contribution in [2.75, 3.05) is 42.4 Å². The second-order valence-electron chi connectivity index (χ2n) is 11.8. The minimum Gasteiger partial charge on any atom is -0.396 e. The summed E-state index contributed by atoms with van der Waals surface area (Å²) in [6.45, 7) is 2.75. The number of unbranched alkanes of at least 4 members (excludes halogenated alkanes) is 15. The zero-order valence-corrected chi connectivity index (χ0v) is 25.9. The van der Waals surface area contributed by atoms with Crippen LogP contribution in [-0.2, 0) is 13.6 Å². The molecule has 3 rings (SSSR count). The van der Waals surface area contributed by atoms with Crippen LogP contribution in [0.2, 0.25) is 0 Å². The quantitative estimate of drug-likeness (QED) is 0.0752. The molecule has 0 radical (unpaired) electrons. The molecule has 2 aliphatic rings. The Morgan fingerprint density at radius 1 is 0.951 bits per heavy atom. The minimum atomic E-state index is -4.15. The molecule has 1 aromatic heterocycles. The molecule has 4 atom stereocenters. The largest absolute Gasteiger partial charge is 0.472 e. The molecule has 1 saturated carbocycles. The van der Waals surface area contributed by atoms with E-state index in [2.05, 4.69) is 22.2 Å². The Morgan fingerprint density at radius 3 is 2.07 bits per heavy atom. The maximum atomic E-state index is 12.4. The summed E-state index contributed by atoms with van der Waals surface area (Å²) in [5.41, 5.74) is 5.72. The Balaban J connectivity index is 1.18. The number of hydrogen-bond acceptors (Lipinski definition) is 9. The zero-order chi connectivity index (χ0) is 29.5. The first kappa shape index (κ1) is 33.8. The number of phosphoric acid groups is 1. The normalized spacial score (nSPS) is 21.3. The highest BCUT2D eigenvalue weighted by atomic mass is 31.2. The third-order valence-electron chi connectivity index (χ3n) is 8.58. The molecule has 12 heteroatoms. The van der Waals surface area contributed by atoms with Gasteiger partial charge in [0.1, 0.15) is 5.69 Å². The van der Waals surface area contributed by atoms with E-state index in [4.69, 9.17) is 14.8 Å². The van der Waals surface area contributed by atoms with Crippen molar-refractivity contribution in [1.82, 2.24) is 9.97 Å². The van der Waals surface area contributed by atoms with Gasteiger partial charge in [-0.1, -0.05) is 103 Å². The van der Waals surface area contributed by atoms with Crippen molar-refractivity contribution >= 4 is 25.3 Å². The first-order valence-corrected chi connectivity index (χ1v) is 17.5. The lowest BCUT2D eigenvalue weighted by atomic mass is 9.69. The predicted molar refractivity (Wildman–Crippen MR) is 164 cm³/mol. The van der Waals surface area contributed by atoms with E-state index in [0.29, 0.717) is 24.6 Å². The Hall–Kier alpha value is -1.65. The molecule has 1 aliphatic carbocycles. The molecule has 1 aliphatic heterocycles. The van der Waals surface area contributed by atoms with Crippen LogP contribution >= 0.6 is 7.82 Å². The summed E-state index contributed by atoms with van der Waals surface area (Å²) < 4.78 is 22.8. The van der Waals surface area contributed by atoms with E-state index in [9.17, 15) is 19.4 Å². The summed E-state index contributed by atoms with van der Waals surface area (Å²) in [6.07, 6.45) is 20.9. The number of aliphatic hydroxyl groups excluding tert-OH is 1. The van der Waals surface area contributed by atoms with E-state index in [-0.39, 0.29) is 49.2 Å². The zero-order valence-electron chi connectivity index (χ0n) is 25.0. The number of anilines is 3. The van der Waals surface area contributed by atoms with E-state index in [0.717, 1.165) is 19.3 Å². The molecular formula is C29H54N5O6P. The van der Waals surface area contributed by atoms with E-state index in [1.807, 2.05) is 4.90 Å².